The van der Waals surface area contributed by atoms with Gasteiger partial charge in [-0.1, -0.05) is 6.92 Å². The van der Waals surface area contributed by atoms with Gasteiger partial charge >= 0.3 is 0 Å². The molecule has 0 radical (unpaired) electrons. The van der Waals surface area contributed by atoms with Gasteiger partial charge in [-0.15, -0.1) is 35.3 Å². The maximum atomic E-state index is 6.03. The van der Waals surface area contributed by atoms with Gasteiger partial charge in [-0.3, -0.25) is 0 Å². The second kappa shape index (κ2) is 7.69. The summed E-state index contributed by atoms with van der Waals surface area (Å²) in [5, 5.41) is 0. The molecule has 0 bridgehead atoms. The summed E-state index contributed by atoms with van der Waals surface area (Å²) in [6.07, 6.45) is 2.53. The van der Waals surface area contributed by atoms with Gasteiger partial charge in [0.1, 0.15) is 0 Å². The van der Waals surface area contributed by atoms with E-state index in [0.717, 1.165) is 22.8 Å². The summed E-state index contributed by atoms with van der Waals surface area (Å²) >= 11 is 5.16. The molecule has 1 aromatic rings. The van der Waals surface area contributed by atoms with Crippen LogP contribution >= 0.6 is 51.2 Å². The first-order valence-electron chi connectivity index (χ1n) is 5.94. The third kappa shape index (κ3) is 4.70. The number of nitrogens with zero attached hydrogens (tertiary/aromatic N) is 2. The molecular weight excluding hydrogens is 425 g/mol. The van der Waals surface area contributed by atoms with E-state index >= 15 is 0 Å². The standard InChI is InChI=1S/C12H18BrN3S.HI/c1-9-3-2-6-16(8-9)12(14)15-7-10-4-5-11(13)17-10;/h4-5,9H,2-3,6-8H2,1H3,(H2,14,15);1H. The monoisotopic (exact) mass is 443 g/mol. The second-order valence-corrected chi connectivity index (χ2v) is 7.12. The van der Waals surface area contributed by atoms with Crippen molar-refractivity contribution in [1.29, 1.82) is 0 Å². The maximum absolute atomic E-state index is 6.03. The minimum atomic E-state index is 0. The predicted octanol–water partition coefficient (Wildman–Crippen LogP) is 3.68. The van der Waals surface area contributed by atoms with Crippen molar-refractivity contribution in [3.05, 3.63) is 20.8 Å². The van der Waals surface area contributed by atoms with Crippen LogP contribution in [0, 0.1) is 5.92 Å². The topological polar surface area (TPSA) is 41.6 Å². The Bertz CT molecular complexity index is 408. The fourth-order valence-corrected chi connectivity index (χ4v) is 3.50. The molecule has 1 unspecified atom stereocenters. The van der Waals surface area contributed by atoms with Crippen molar-refractivity contribution in [2.24, 2.45) is 16.6 Å². The first-order chi connectivity index (χ1) is 8.15. The highest BCUT2D eigenvalue weighted by atomic mass is 127. The van der Waals surface area contributed by atoms with Crippen molar-refractivity contribution < 1.29 is 0 Å². The number of halogens is 2. The molecule has 0 amide bonds. The molecule has 1 atom stereocenters. The van der Waals surface area contributed by atoms with E-state index in [0.29, 0.717) is 12.5 Å². The largest absolute Gasteiger partial charge is 0.370 e. The van der Waals surface area contributed by atoms with Gasteiger partial charge in [0.15, 0.2) is 5.96 Å². The third-order valence-electron chi connectivity index (χ3n) is 3.01. The van der Waals surface area contributed by atoms with Crippen LogP contribution in [0.2, 0.25) is 0 Å². The predicted molar refractivity (Wildman–Crippen MR) is 92.7 cm³/mol. The number of guanidine groups is 1. The molecule has 102 valence electrons. The van der Waals surface area contributed by atoms with Crippen molar-refractivity contribution in [3.63, 3.8) is 0 Å². The highest BCUT2D eigenvalue weighted by molar-refractivity contribution is 14.0. The van der Waals surface area contributed by atoms with Crippen molar-refractivity contribution in [3.8, 4) is 0 Å². The molecule has 2 rings (SSSR count). The van der Waals surface area contributed by atoms with Crippen LogP contribution in [0.3, 0.4) is 0 Å². The van der Waals surface area contributed by atoms with E-state index in [2.05, 4.69) is 44.9 Å². The molecule has 0 aliphatic carbocycles. The van der Waals surface area contributed by atoms with Crippen LogP contribution in [0.1, 0.15) is 24.6 Å². The molecule has 2 N–H and O–H groups in total. The van der Waals surface area contributed by atoms with Gasteiger partial charge in [-0.25, -0.2) is 4.99 Å². The van der Waals surface area contributed by atoms with E-state index in [9.17, 15) is 0 Å². The van der Waals surface area contributed by atoms with Crippen LogP contribution in [0.5, 0.6) is 0 Å². The molecule has 18 heavy (non-hydrogen) atoms. The second-order valence-electron chi connectivity index (χ2n) is 4.57. The van der Waals surface area contributed by atoms with Crippen LogP contribution in [0.15, 0.2) is 20.9 Å². The SMILES string of the molecule is CC1CCCN(C(N)=NCc2ccc(Br)s2)C1.I. The zero-order chi connectivity index (χ0) is 12.3. The number of nitrogens with two attached hydrogens (primary N) is 1. The third-order valence-corrected chi connectivity index (χ3v) is 4.62. The number of aliphatic imine (C=N–C) groups is 1. The summed E-state index contributed by atoms with van der Waals surface area (Å²) in [4.78, 5) is 7.92. The Labute approximate surface area is 138 Å². The Morgan fingerprint density at radius 1 is 1.61 bits per heavy atom. The van der Waals surface area contributed by atoms with Gasteiger partial charge in [0.2, 0.25) is 0 Å². The van der Waals surface area contributed by atoms with Crippen LogP contribution in [0.4, 0.5) is 0 Å². The van der Waals surface area contributed by atoms with E-state index in [4.69, 9.17) is 5.73 Å². The molecule has 0 saturated carbocycles. The number of thiophene rings is 1. The number of hydrogen-bond acceptors (Lipinski definition) is 2. The number of hydrogen-bond donors (Lipinski definition) is 1. The zero-order valence-corrected chi connectivity index (χ0v) is 15.2. The molecule has 0 spiro atoms. The smallest absolute Gasteiger partial charge is 0.191 e. The first-order valence-corrected chi connectivity index (χ1v) is 7.55. The maximum Gasteiger partial charge on any atom is 0.191 e. The average molecular weight is 444 g/mol. The summed E-state index contributed by atoms with van der Waals surface area (Å²) < 4.78 is 1.15. The minimum Gasteiger partial charge on any atom is -0.370 e. The summed E-state index contributed by atoms with van der Waals surface area (Å²) in [5.74, 6) is 1.43. The summed E-state index contributed by atoms with van der Waals surface area (Å²) in [6.45, 7) is 5.06. The highest BCUT2D eigenvalue weighted by Gasteiger charge is 2.17. The van der Waals surface area contributed by atoms with E-state index in [-0.39, 0.29) is 24.0 Å². The Morgan fingerprint density at radius 3 is 3.00 bits per heavy atom. The molecule has 3 nitrogen and oxygen atoms in total. The average Bonchev–Trinajstić information content (AvgIpc) is 2.72. The van der Waals surface area contributed by atoms with Crippen LogP contribution in [0.25, 0.3) is 0 Å². The molecule has 6 heteroatoms. The van der Waals surface area contributed by atoms with Gasteiger partial charge < -0.3 is 10.6 Å². The van der Waals surface area contributed by atoms with Crippen molar-refractivity contribution >= 4 is 57.2 Å². The van der Waals surface area contributed by atoms with Gasteiger partial charge in [0.25, 0.3) is 0 Å². The van der Waals surface area contributed by atoms with Gasteiger partial charge in [-0.2, -0.15) is 0 Å². The van der Waals surface area contributed by atoms with Gasteiger partial charge in [-0.05, 0) is 46.8 Å². The Morgan fingerprint density at radius 2 is 2.39 bits per heavy atom. The summed E-state index contributed by atoms with van der Waals surface area (Å²) in [7, 11) is 0. The number of rotatable bonds is 2. The van der Waals surface area contributed by atoms with Crippen LogP contribution in [-0.4, -0.2) is 23.9 Å². The van der Waals surface area contributed by atoms with Gasteiger partial charge in [0, 0.05) is 18.0 Å². The number of piperidine rings is 1. The van der Waals surface area contributed by atoms with E-state index < -0.39 is 0 Å². The van der Waals surface area contributed by atoms with Crippen LogP contribution < -0.4 is 5.73 Å². The normalized spacial score (nSPS) is 20.7. The zero-order valence-electron chi connectivity index (χ0n) is 10.4. The van der Waals surface area contributed by atoms with Crippen molar-refractivity contribution in [2.45, 2.75) is 26.3 Å². The lowest BCUT2D eigenvalue weighted by Gasteiger charge is -2.31. The quantitative estimate of drug-likeness (QED) is 0.430. The van der Waals surface area contributed by atoms with E-state index in [1.807, 2.05) is 0 Å². The van der Waals surface area contributed by atoms with E-state index in [1.54, 1.807) is 11.3 Å². The lowest BCUT2D eigenvalue weighted by Crippen LogP contribution is -2.43. The molecule has 2 heterocycles. The van der Waals surface area contributed by atoms with Crippen LogP contribution in [-0.2, 0) is 6.54 Å². The molecule has 1 aliphatic rings. The summed E-state index contributed by atoms with van der Waals surface area (Å²) in [5.41, 5.74) is 6.03. The Hall–Kier alpha value is 0.180. The Kier molecular flexibility index (Phi) is 6.94. The highest BCUT2D eigenvalue weighted by Crippen LogP contribution is 2.22. The molecule has 0 aromatic carbocycles. The van der Waals surface area contributed by atoms with Gasteiger partial charge in [0.05, 0.1) is 10.3 Å². The van der Waals surface area contributed by atoms with Crippen molar-refractivity contribution in [2.75, 3.05) is 13.1 Å². The molecule has 1 aliphatic heterocycles. The molecule has 1 aromatic heterocycles. The lowest BCUT2D eigenvalue weighted by molar-refractivity contribution is 0.270. The fourth-order valence-electron chi connectivity index (χ4n) is 2.09. The van der Waals surface area contributed by atoms with E-state index in [1.165, 1.54) is 17.7 Å². The Balaban J connectivity index is 0.00000162. The first kappa shape index (κ1) is 16.2. The molecule has 1 fully saturated rings. The minimum absolute atomic E-state index is 0. The van der Waals surface area contributed by atoms with Crippen molar-refractivity contribution in [1.82, 2.24) is 4.90 Å². The number of likely N-dealkylation sites (tertiary alicyclic amines) is 1. The fraction of sp³-hybridized carbons (Fsp3) is 0.583. The summed E-state index contributed by atoms with van der Waals surface area (Å²) in [6, 6.07) is 4.14. The molecular formula is C12H19BrIN3S. The molecule has 1 saturated heterocycles. The lowest BCUT2D eigenvalue weighted by atomic mass is 10.0.